The first kappa shape index (κ1) is 15.7. The summed E-state index contributed by atoms with van der Waals surface area (Å²) in [5.41, 5.74) is 9.23. The van der Waals surface area contributed by atoms with Crippen molar-refractivity contribution >= 4 is 5.91 Å². The Kier molecular flexibility index (Phi) is 5.12. The summed E-state index contributed by atoms with van der Waals surface area (Å²) in [7, 11) is 0. The van der Waals surface area contributed by atoms with Crippen LogP contribution in [-0.2, 0) is 10.2 Å². The summed E-state index contributed by atoms with van der Waals surface area (Å²) in [5, 5.41) is 3.00. The Bertz CT molecular complexity index is 452. The lowest BCUT2D eigenvalue weighted by Crippen LogP contribution is -2.41. The van der Waals surface area contributed by atoms with Gasteiger partial charge in [0.05, 0.1) is 0 Å². The second-order valence-corrected chi connectivity index (χ2v) is 6.06. The van der Waals surface area contributed by atoms with E-state index < -0.39 is 0 Å². The van der Waals surface area contributed by atoms with Crippen LogP contribution in [-0.4, -0.2) is 19.0 Å². The van der Waals surface area contributed by atoms with E-state index in [9.17, 15) is 4.79 Å². The number of hydrogen-bond donors (Lipinski definition) is 2. The van der Waals surface area contributed by atoms with Crippen LogP contribution in [0.25, 0.3) is 0 Å². The highest BCUT2D eigenvalue weighted by Crippen LogP contribution is 2.26. The van der Waals surface area contributed by atoms with Crippen LogP contribution in [0.3, 0.4) is 0 Å². The standard InChI is InChI=1S/C16H26N2O/c1-11-6-7-14(12(2)8-11)16(4,5)10-18-15(19)13(3)9-17/h6-8,13H,9-10,17H2,1-5H3,(H,18,19). The Morgan fingerprint density at radius 3 is 2.53 bits per heavy atom. The summed E-state index contributed by atoms with van der Waals surface area (Å²) >= 11 is 0. The van der Waals surface area contributed by atoms with Crippen molar-refractivity contribution in [2.75, 3.05) is 13.1 Å². The molecule has 3 heteroatoms. The summed E-state index contributed by atoms with van der Waals surface area (Å²) in [6.45, 7) is 11.4. The molecule has 0 aliphatic heterocycles. The van der Waals surface area contributed by atoms with Crippen LogP contribution in [0.5, 0.6) is 0 Å². The Morgan fingerprint density at radius 2 is 2.00 bits per heavy atom. The molecule has 1 aromatic rings. The largest absolute Gasteiger partial charge is 0.355 e. The van der Waals surface area contributed by atoms with Crippen molar-refractivity contribution in [3.05, 3.63) is 34.9 Å². The topological polar surface area (TPSA) is 55.1 Å². The zero-order valence-electron chi connectivity index (χ0n) is 12.7. The number of carbonyl (C=O) groups excluding carboxylic acids is 1. The van der Waals surface area contributed by atoms with Gasteiger partial charge in [0.15, 0.2) is 0 Å². The van der Waals surface area contributed by atoms with Gasteiger partial charge in [-0.2, -0.15) is 0 Å². The molecule has 1 atom stereocenters. The highest BCUT2D eigenvalue weighted by Gasteiger charge is 2.24. The van der Waals surface area contributed by atoms with Crippen LogP contribution in [0, 0.1) is 19.8 Å². The average Bonchev–Trinajstić information content (AvgIpc) is 2.34. The predicted octanol–water partition coefficient (Wildman–Crippen LogP) is 2.29. The molecule has 1 rings (SSSR count). The van der Waals surface area contributed by atoms with Crippen molar-refractivity contribution in [1.82, 2.24) is 5.32 Å². The Morgan fingerprint density at radius 1 is 1.37 bits per heavy atom. The zero-order valence-corrected chi connectivity index (χ0v) is 12.7. The molecular formula is C16H26N2O. The number of nitrogens with two attached hydrogens (primary N) is 1. The second-order valence-electron chi connectivity index (χ2n) is 6.06. The van der Waals surface area contributed by atoms with Gasteiger partial charge in [-0.3, -0.25) is 4.79 Å². The first-order valence-electron chi connectivity index (χ1n) is 6.83. The van der Waals surface area contributed by atoms with E-state index in [1.165, 1.54) is 16.7 Å². The van der Waals surface area contributed by atoms with Crippen molar-refractivity contribution in [2.24, 2.45) is 11.7 Å². The molecule has 0 aliphatic carbocycles. The lowest BCUT2D eigenvalue weighted by Gasteiger charge is -2.28. The molecule has 19 heavy (non-hydrogen) atoms. The van der Waals surface area contributed by atoms with Crippen molar-refractivity contribution in [1.29, 1.82) is 0 Å². The number of rotatable bonds is 5. The predicted molar refractivity (Wildman–Crippen MR) is 80.2 cm³/mol. The Hall–Kier alpha value is -1.35. The van der Waals surface area contributed by atoms with Gasteiger partial charge in [0.1, 0.15) is 0 Å². The molecule has 0 saturated heterocycles. The second kappa shape index (κ2) is 6.20. The molecule has 0 fully saturated rings. The van der Waals surface area contributed by atoms with E-state index in [-0.39, 0.29) is 17.2 Å². The van der Waals surface area contributed by atoms with Gasteiger partial charge in [0.25, 0.3) is 0 Å². The number of aryl methyl sites for hydroxylation is 2. The van der Waals surface area contributed by atoms with E-state index >= 15 is 0 Å². The number of benzene rings is 1. The summed E-state index contributed by atoms with van der Waals surface area (Å²) < 4.78 is 0. The van der Waals surface area contributed by atoms with Gasteiger partial charge in [0, 0.05) is 24.4 Å². The summed E-state index contributed by atoms with van der Waals surface area (Å²) in [6.07, 6.45) is 0. The maximum atomic E-state index is 11.8. The quantitative estimate of drug-likeness (QED) is 0.855. The minimum absolute atomic E-state index is 0.0281. The van der Waals surface area contributed by atoms with Gasteiger partial charge in [-0.05, 0) is 25.0 Å². The van der Waals surface area contributed by atoms with Crippen molar-refractivity contribution in [3.63, 3.8) is 0 Å². The van der Waals surface area contributed by atoms with Gasteiger partial charge < -0.3 is 11.1 Å². The van der Waals surface area contributed by atoms with Gasteiger partial charge >= 0.3 is 0 Å². The monoisotopic (exact) mass is 262 g/mol. The molecule has 0 heterocycles. The molecular weight excluding hydrogens is 236 g/mol. The molecule has 1 amide bonds. The van der Waals surface area contributed by atoms with Gasteiger partial charge in [-0.1, -0.05) is 44.5 Å². The molecule has 0 radical (unpaired) electrons. The van der Waals surface area contributed by atoms with Crippen LogP contribution in [0.4, 0.5) is 0 Å². The smallest absolute Gasteiger partial charge is 0.224 e. The number of hydrogen-bond acceptors (Lipinski definition) is 2. The molecule has 3 nitrogen and oxygen atoms in total. The fraction of sp³-hybridized carbons (Fsp3) is 0.562. The lowest BCUT2D eigenvalue weighted by atomic mass is 9.81. The van der Waals surface area contributed by atoms with Crippen LogP contribution in [0.15, 0.2) is 18.2 Å². The van der Waals surface area contributed by atoms with Crippen LogP contribution < -0.4 is 11.1 Å². The van der Waals surface area contributed by atoms with E-state index in [0.29, 0.717) is 13.1 Å². The Balaban J connectivity index is 2.78. The van der Waals surface area contributed by atoms with Crippen molar-refractivity contribution in [3.8, 4) is 0 Å². The van der Waals surface area contributed by atoms with E-state index in [0.717, 1.165) is 0 Å². The number of amides is 1. The van der Waals surface area contributed by atoms with Gasteiger partial charge in [-0.25, -0.2) is 0 Å². The maximum Gasteiger partial charge on any atom is 0.224 e. The molecule has 1 unspecified atom stereocenters. The molecule has 0 aromatic heterocycles. The molecule has 0 bridgehead atoms. The fourth-order valence-electron chi connectivity index (χ4n) is 2.26. The molecule has 1 aromatic carbocycles. The fourth-order valence-corrected chi connectivity index (χ4v) is 2.26. The summed E-state index contributed by atoms with van der Waals surface area (Å²) in [6, 6.07) is 6.46. The maximum absolute atomic E-state index is 11.8. The van der Waals surface area contributed by atoms with Crippen LogP contribution in [0.2, 0.25) is 0 Å². The summed E-state index contributed by atoms with van der Waals surface area (Å²) in [5.74, 6) is -0.102. The number of nitrogens with one attached hydrogen (secondary N) is 1. The van der Waals surface area contributed by atoms with E-state index in [1.54, 1.807) is 0 Å². The molecule has 0 spiro atoms. The third kappa shape index (κ3) is 4.06. The SMILES string of the molecule is Cc1ccc(C(C)(C)CNC(=O)C(C)CN)c(C)c1. The Labute approximate surface area is 116 Å². The van der Waals surface area contributed by atoms with Gasteiger partial charge in [-0.15, -0.1) is 0 Å². The molecule has 3 N–H and O–H groups in total. The molecule has 0 saturated carbocycles. The van der Waals surface area contributed by atoms with Gasteiger partial charge in [0.2, 0.25) is 5.91 Å². The minimum Gasteiger partial charge on any atom is -0.355 e. The lowest BCUT2D eigenvalue weighted by molar-refractivity contribution is -0.124. The highest BCUT2D eigenvalue weighted by molar-refractivity contribution is 5.78. The molecule has 0 aliphatic rings. The average molecular weight is 262 g/mol. The third-order valence-electron chi connectivity index (χ3n) is 3.62. The third-order valence-corrected chi connectivity index (χ3v) is 3.62. The zero-order chi connectivity index (χ0) is 14.6. The summed E-state index contributed by atoms with van der Waals surface area (Å²) in [4.78, 5) is 11.8. The van der Waals surface area contributed by atoms with E-state index in [2.05, 4.69) is 51.2 Å². The van der Waals surface area contributed by atoms with Crippen LogP contribution in [0.1, 0.15) is 37.5 Å². The van der Waals surface area contributed by atoms with E-state index in [4.69, 9.17) is 5.73 Å². The van der Waals surface area contributed by atoms with E-state index in [1.807, 2.05) is 6.92 Å². The van der Waals surface area contributed by atoms with Crippen molar-refractivity contribution in [2.45, 2.75) is 40.0 Å². The van der Waals surface area contributed by atoms with Crippen LogP contribution >= 0.6 is 0 Å². The molecule has 106 valence electrons. The minimum atomic E-state index is -0.130. The highest BCUT2D eigenvalue weighted by atomic mass is 16.1. The number of carbonyl (C=O) groups is 1. The first-order valence-corrected chi connectivity index (χ1v) is 6.83. The normalized spacial score (nSPS) is 13.2. The van der Waals surface area contributed by atoms with Crippen molar-refractivity contribution < 1.29 is 4.79 Å². The first-order chi connectivity index (χ1) is 8.77.